The molecular weight excluding hydrogens is 167 g/mol. The molecule has 0 heterocycles. The van der Waals surface area contributed by atoms with Crippen LogP contribution in [-0.2, 0) is 0 Å². The lowest BCUT2D eigenvalue weighted by Gasteiger charge is -2.05. The van der Waals surface area contributed by atoms with E-state index in [9.17, 15) is 4.39 Å². The van der Waals surface area contributed by atoms with Gasteiger partial charge in [0.2, 0.25) is 0 Å². The van der Waals surface area contributed by atoms with E-state index >= 15 is 0 Å². The molecule has 0 saturated heterocycles. The molecule has 0 atom stereocenters. The van der Waals surface area contributed by atoms with Crippen molar-refractivity contribution in [2.75, 3.05) is 5.32 Å². The fraction of sp³-hybridized carbons (Fsp3) is 0.300. The average Bonchev–Trinajstić information content (AvgIpc) is 2.92. The first-order valence-electron chi connectivity index (χ1n) is 4.26. The molecule has 1 aliphatic rings. The molecule has 0 radical (unpaired) electrons. The molecule has 66 valence electrons. The maximum Gasteiger partial charge on any atom is 0.124 e. The van der Waals surface area contributed by atoms with Crippen LogP contribution in [0.4, 0.5) is 10.1 Å². The maximum atomic E-state index is 12.7. The van der Waals surface area contributed by atoms with Crippen molar-refractivity contribution in [1.29, 1.82) is 5.26 Å². The Morgan fingerprint density at radius 2 is 2.23 bits per heavy atom. The van der Waals surface area contributed by atoms with Crippen LogP contribution in [0.3, 0.4) is 0 Å². The summed E-state index contributed by atoms with van der Waals surface area (Å²) in [6, 6.07) is 6.69. The van der Waals surface area contributed by atoms with Crippen LogP contribution in [0.2, 0.25) is 0 Å². The summed E-state index contributed by atoms with van der Waals surface area (Å²) in [6.07, 6.45) is 2.28. The van der Waals surface area contributed by atoms with Gasteiger partial charge in [-0.05, 0) is 31.0 Å². The highest BCUT2D eigenvalue weighted by Crippen LogP contribution is 2.26. The first-order valence-corrected chi connectivity index (χ1v) is 4.26. The van der Waals surface area contributed by atoms with E-state index in [1.807, 2.05) is 6.07 Å². The van der Waals surface area contributed by atoms with Gasteiger partial charge in [0, 0.05) is 6.04 Å². The third-order valence-corrected chi connectivity index (χ3v) is 2.04. The Morgan fingerprint density at radius 3 is 2.85 bits per heavy atom. The summed E-state index contributed by atoms with van der Waals surface area (Å²) >= 11 is 0. The number of benzene rings is 1. The summed E-state index contributed by atoms with van der Waals surface area (Å²) in [7, 11) is 0. The van der Waals surface area contributed by atoms with Gasteiger partial charge >= 0.3 is 0 Å². The van der Waals surface area contributed by atoms with Crippen LogP contribution in [0.1, 0.15) is 18.4 Å². The van der Waals surface area contributed by atoms with E-state index in [1.165, 1.54) is 12.1 Å². The molecule has 0 bridgehead atoms. The number of nitriles is 1. The maximum absolute atomic E-state index is 12.7. The molecule has 0 aliphatic heterocycles. The highest BCUT2D eigenvalue weighted by Gasteiger charge is 2.21. The predicted molar refractivity (Wildman–Crippen MR) is 47.8 cm³/mol. The molecule has 3 heteroatoms. The molecule has 2 nitrogen and oxygen atoms in total. The minimum atomic E-state index is -0.363. The molecule has 1 aromatic rings. The van der Waals surface area contributed by atoms with Crippen molar-refractivity contribution in [2.24, 2.45) is 0 Å². The van der Waals surface area contributed by atoms with Gasteiger partial charge in [-0.3, -0.25) is 0 Å². The van der Waals surface area contributed by atoms with Gasteiger partial charge in [-0.25, -0.2) is 4.39 Å². The third kappa shape index (κ3) is 1.78. The molecule has 0 unspecified atom stereocenters. The molecule has 2 rings (SSSR count). The zero-order chi connectivity index (χ0) is 9.26. The second-order valence-electron chi connectivity index (χ2n) is 3.22. The summed E-state index contributed by atoms with van der Waals surface area (Å²) < 4.78 is 12.7. The molecule has 0 aromatic heterocycles. The van der Waals surface area contributed by atoms with Crippen LogP contribution in [0.25, 0.3) is 0 Å². The lowest BCUT2D eigenvalue weighted by molar-refractivity contribution is 0.627. The number of hydrogen-bond acceptors (Lipinski definition) is 2. The van der Waals surface area contributed by atoms with Gasteiger partial charge in [0.15, 0.2) is 0 Å². The van der Waals surface area contributed by atoms with Gasteiger partial charge in [-0.1, -0.05) is 0 Å². The summed E-state index contributed by atoms with van der Waals surface area (Å²) in [6.45, 7) is 0. The Labute approximate surface area is 76.0 Å². The van der Waals surface area contributed by atoms with Gasteiger partial charge < -0.3 is 5.32 Å². The highest BCUT2D eigenvalue weighted by atomic mass is 19.1. The lowest BCUT2D eigenvalue weighted by atomic mass is 10.2. The van der Waals surface area contributed by atoms with Crippen LogP contribution in [0, 0.1) is 17.1 Å². The topological polar surface area (TPSA) is 35.8 Å². The van der Waals surface area contributed by atoms with Crippen molar-refractivity contribution in [3.8, 4) is 6.07 Å². The molecular formula is C10H9FN2. The number of anilines is 1. The summed E-state index contributed by atoms with van der Waals surface area (Å²) in [5, 5.41) is 11.9. The number of hydrogen-bond donors (Lipinski definition) is 1. The normalized spacial score (nSPS) is 15.1. The Kier molecular flexibility index (Phi) is 1.90. The average molecular weight is 176 g/mol. The van der Waals surface area contributed by atoms with Crippen LogP contribution in [-0.4, -0.2) is 6.04 Å². The van der Waals surface area contributed by atoms with E-state index in [0.29, 0.717) is 11.6 Å². The monoisotopic (exact) mass is 176 g/mol. The summed E-state index contributed by atoms with van der Waals surface area (Å²) in [5.41, 5.74) is 1.12. The quantitative estimate of drug-likeness (QED) is 0.750. The van der Waals surface area contributed by atoms with Crippen LogP contribution in [0.15, 0.2) is 18.2 Å². The smallest absolute Gasteiger partial charge is 0.124 e. The molecule has 13 heavy (non-hydrogen) atoms. The van der Waals surface area contributed by atoms with Crippen molar-refractivity contribution in [1.82, 2.24) is 0 Å². The van der Waals surface area contributed by atoms with Gasteiger partial charge in [-0.2, -0.15) is 5.26 Å². The largest absolute Gasteiger partial charge is 0.381 e. The van der Waals surface area contributed by atoms with Crippen molar-refractivity contribution in [3.63, 3.8) is 0 Å². The molecule has 1 saturated carbocycles. The fourth-order valence-electron chi connectivity index (χ4n) is 1.18. The lowest BCUT2D eigenvalue weighted by Crippen LogP contribution is -2.02. The minimum Gasteiger partial charge on any atom is -0.381 e. The van der Waals surface area contributed by atoms with Gasteiger partial charge in [0.1, 0.15) is 11.9 Å². The summed E-state index contributed by atoms with van der Waals surface area (Å²) in [5.74, 6) is -0.363. The minimum absolute atomic E-state index is 0.363. The molecule has 0 spiro atoms. The fourth-order valence-corrected chi connectivity index (χ4v) is 1.18. The van der Waals surface area contributed by atoms with Crippen LogP contribution < -0.4 is 5.32 Å². The van der Waals surface area contributed by atoms with Gasteiger partial charge in [-0.15, -0.1) is 0 Å². The number of rotatable bonds is 2. The second-order valence-corrected chi connectivity index (χ2v) is 3.22. The Bertz CT molecular complexity index is 364. The number of nitrogens with one attached hydrogen (secondary N) is 1. The number of halogens is 1. The second kappa shape index (κ2) is 3.06. The first-order chi connectivity index (χ1) is 6.29. The van der Waals surface area contributed by atoms with Crippen molar-refractivity contribution in [3.05, 3.63) is 29.6 Å². The zero-order valence-electron chi connectivity index (χ0n) is 7.05. The zero-order valence-corrected chi connectivity index (χ0v) is 7.05. The van der Waals surface area contributed by atoms with E-state index in [1.54, 1.807) is 6.07 Å². The van der Waals surface area contributed by atoms with E-state index < -0.39 is 0 Å². The van der Waals surface area contributed by atoms with Crippen LogP contribution >= 0.6 is 0 Å². The molecule has 0 amide bonds. The van der Waals surface area contributed by atoms with Crippen molar-refractivity contribution < 1.29 is 4.39 Å². The van der Waals surface area contributed by atoms with E-state index in [0.717, 1.165) is 18.5 Å². The Hall–Kier alpha value is -1.56. The Balaban J connectivity index is 2.27. The van der Waals surface area contributed by atoms with Crippen molar-refractivity contribution >= 4 is 5.69 Å². The van der Waals surface area contributed by atoms with Crippen LogP contribution in [0.5, 0.6) is 0 Å². The van der Waals surface area contributed by atoms with Gasteiger partial charge in [0.25, 0.3) is 0 Å². The van der Waals surface area contributed by atoms with Gasteiger partial charge in [0.05, 0.1) is 11.3 Å². The van der Waals surface area contributed by atoms with Crippen molar-refractivity contribution in [2.45, 2.75) is 18.9 Å². The van der Waals surface area contributed by atoms with E-state index in [2.05, 4.69) is 5.32 Å². The molecule has 1 N–H and O–H groups in total. The first kappa shape index (κ1) is 8.06. The SMILES string of the molecule is N#Cc1cc(F)ccc1NC1CC1. The number of nitrogens with zero attached hydrogens (tertiary/aromatic N) is 1. The molecule has 1 aromatic carbocycles. The molecule has 1 aliphatic carbocycles. The molecule has 1 fully saturated rings. The predicted octanol–water partition coefficient (Wildman–Crippen LogP) is 2.27. The highest BCUT2D eigenvalue weighted by molar-refractivity contribution is 5.58. The summed E-state index contributed by atoms with van der Waals surface area (Å²) in [4.78, 5) is 0. The van der Waals surface area contributed by atoms with E-state index in [4.69, 9.17) is 5.26 Å². The third-order valence-electron chi connectivity index (χ3n) is 2.04. The van der Waals surface area contributed by atoms with E-state index in [-0.39, 0.29) is 5.82 Å². The Morgan fingerprint density at radius 1 is 1.46 bits per heavy atom. The standard InChI is InChI=1S/C10H9FN2/c11-8-1-4-10(7(5-8)6-12)13-9-2-3-9/h1,4-5,9,13H,2-3H2.